The van der Waals surface area contributed by atoms with Crippen LogP contribution in [-0.4, -0.2) is 33.5 Å². The minimum atomic E-state index is -3.55. The summed E-state index contributed by atoms with van der Waals surface area (Å²) >= 11 is 0. The molecule has 0 aliphatic rings. The van der Waals surface area contributed by atoms with Crippen LogP contribution in [0.5, 0.6) is 0 Å². The van der Waals surface area contributed by atoms with Crippen LogP contribution in [0.25, 0.3) is 0 Å². The Labute approximate surface area is 131 Å². The summed E-state index contributed by atoms with van der Waals surface area (Å²) in [5.41, 5.74) is 1.52. The predicted molar refractivity (Wildman–Crippen MR) is 82.9 cm³/mol. The van der Waals surface area contributed by atoms with Crippen molar-refractivity contribution in [3.05, 3.63) is 41.1 Å². The number of benzene rings is 1. The molecule has 0 unspecified atom stereocenters. The zero-order chi connectivity index (χ0) is 16.8. The number of hydrogen-bond donors (Lipinski definition) is 1. The predicted octanol–water partition coefficient (Wildman–Crippen LogP) is 1.53. The van der Waals surface area contributed by atoms with Crippen molar-refractivity contribution < 1.29 is 8.42 Å². The van der Waals surface area contributed by atoms with Crippen LogP contribution in [-0.2, 0) is 10.0 Å². The van der Waals surface area contributed by atoms with Crippen molar-refractivity contribution in [3.8, 4) is 12.1 Å². The molecule has 22 heavy (non-hydrogen) atoms. The number of sulfonamides is 1. The molecule has 0 saturated carbocycles. The first-order valence-electron chi connectivity index (χ1n) is 6.60. The van der Waals surface area contributed by atoms with Crippen LogP contribution in [0.15, 0.2) is 40.4 Å². The van der Waals surface area contributed by atoms with Crippen LogP contribution in [0.4, 0.5) is 0 Å². The second kappa shape index (κ2) is 7.60. The molecular formula is C15H18N4O2S. The number of nitriles is 2. The van der Waals surface area contributed by atoms with E-state index in [2.05, 4.69) is 4.72 Å². The molecule has 7 heteroatoms. The Hall–Kier alpha value is -2.35. The van der Waals surface area contributed by atoms with Gasteiger partial charge in [0.25, 0.3) is 0 Å². The van der Waals surface area contributed by atoms with Crippen LogP contribution in [0.2, 0.25) is 0 Å². The molecule has 0 aromatic heterocycles. The third-order valence-corrected chi connectivity index (χ3v) is 4.71. The largest absolute Gasteiger partial charge is 0.375 e. The third-order valence-electron chi connectivity index (χ3n) is 3.23. The van der Waals surface area contributed by atoms with E-state index in [9.17, 15) is 8.42 Å². The molecule has 0 fully saturated rings. The van der Waals surface area contributed by atoms with Gasteiger partial charge in [-0.05, 0) is 26.0 Å². The van der Waals surface area contributed by atoms with E-state index < -0.39 is 10.0 Å². The highest BCUT2D eigenvalue weighted by molar-refractivity contribution is 7.89. The number of aryl methyl sites for hydroxylation is 1. The fourth-order valence-electron chi connectivity index (χ4n) is 1.69. The molecule has 1 N–H and O–H groups in total. The van der Waals surface area contributed by atoms with E-state index in [0.717, 1.165) is 5.56 Å². The second-order valence-corrected chi connectivity index (χ2v) is 6.58. The molecule has 0 radical (unpaired) electrons. The molecule has 0 atom stereocenters. The van der Waals surface area contributed by atoms with E-state index in [0.29, 0.717) is 12.2 Å². The summed E-state index contributed by atoms with van der Waals surface area (Å²) in [7, 11) is -1.85. The number of hydrogen-bond acceptors (Lipinski definition) is 5. The van der Waals surface area contributed by atoms with Crippen LogP contribution >= 0.6 is 0 Å². The Kier molecular flexibility index (Phi) is 6.11. The van der Waals surface area contributed by atoms with Gasteiger partial charge in [-0.1, -0.05) is 17.7 Å². The summed E-state index contributed by atoms with van der Waals surface area (Å²) in [4.78, 5) is 1.88. The molecule has 0 saturated heterocycles. The minimum absolute atomic E-state index is 0.0175. The van der Waals surface area contributed by atoms with Gasteiger partial charge in [0.2, 0.25) is 10.0 Å². The molecule has 0 amide bonds. The lowest BCUT2D eigenvalue weighted by atomic mass is 10.2. The topological polar surface area (TPSA) is 97.0 Å². The lowest BCUT2D eigenvalue weighted by Crippen LogP contribution is -2.32. The van der Waals surface area contributed by atoms with Crippen molar-refractivity contribution in [2.75, 3.05) is 20.1 Å². The minimum Gasteiger partial charge on any atom is -0.375 e. The first kappa shape index (κ1) is 17.7. The fraction of sp³-hybridized carbons (Fsp3) is 0.333. The lowest BCUT2D eigenvalue weighted by molar-refractivity contribution is 0.419. The van der Waals surface area contributed by atoms with Gasteiger partial charge in [0.05, 0.1) is 4.90 Å². The van der Waals surface area contributed by atoms with Gasteiger partial charge < -0.3 is 4.90 Å². The average Bonchev–Trinajstić information content (AvgIpc) is 2.48. The summed E-state index contributed by atoms with van der Waals surface area (Å²) in [5, 5.41) is 17.6. The van der Waals surface area contributed by atoms with E-state index in [1.807, 2.05) is 19.1 Å². The summed E-state index contributed by atoms with van der Waals surface area (Å²) in [6, 6.07) is 10.2. The Balaban J connectivity index is 2.68. The maximum Gasteiger partial charge on any atom is 0.240 e. The van der Waals surface area contributed by atoms with Gasteiger partial charge in [0.15, 0.2) is 0 Å². The zero-order valence-corrected chi connectivity index (χ0v) is 13.6. The quantitative estimate of drug-likeness (QED) is 0.802. The van der Waals surface area contributed by atoms with Crippen molar-refractivity contribution in [1.29, 1.82) is 10.5 Å². The summed E-state index contributed by atoms with van der Waals surface area (Å²) in [5.74, 6) is 0. The highest BCUT2D eigenvalue weighted by atomic mass is 32.2. The highest BCUT2D eigenvalue weighted by Gasteiger charge is 2.13. The molecule has 0 aliphatic heterocycles. The van der Waals surface area contributed by atoms with E-state index in [1.165, 1.54) is 0 Å². The molecule has 0 bridgehead atoms. The average molecular weight is 318 g/mol. The number of allylic oxidation sites excluding steroid dienone is 2. The van der Waals surface area contributed by atoms with Crippen LogP contribution < -0.4 is 4.72 Å². The first-order valence-corrected chi connectivity index (χ1v) is 8.08. The van der Waals surface area contributed by atoms with E-state index in [4.69, 9.17) is 10.5 Å². The molecule has 0 spiro atoms. The zero-order valence-electron chi connectivity index (χ0n) is 12.8. The smallest absolute Gasteiger partial charge is 0.240 e. The monoisotopic (exact) mass is 318 g/mol. The van der Waals surface area contributed by atoms with Crippen molar-refractivity contribution in [2.24, 2.45) is 0 Å². The molecule has 1 rings (SSSR count). The summed E-state index contributed by atoms with van der Waals surface area (Å²) < 4.78 is 26.7. The van der Waals surface area contributed by atoms with E-state index in [1.54, 1.807) is 43.1 Å². The number of nitrogens with zero attached hydrogens (tertiary/aromatic N) is 3. The van der Waals surface area contributed by atoms with Crippen molar-refractivity contribution in [3.63, 3.8) is 0 Å². The van der Waals surface area contributed by atoms with Gasteiger partial charge >= 0.3 is 0 Å². The third kappa shape index (κ3) is 4.59. The van der Waals surface area contributed by atoms with E-state index >= 15 is 0 Å². The maximum atomic E-state index is 12.1. The van der Waals surface area contributed by atoms with Gasteiger partial charge in [0.1, 0.15) is 17.7 Å². The highest BCUT2D eigenvalue weighted by Crippen LogP contribution is 2.10. The van der Waals surface area contributed by atoms with Gasteiger partial charge in [0, 0.05) is 25.8 Å². The van der Waals surface area contributed by atoms with Crippen molar-refractivity contribution in [2.45, 2.75) is 18.7 Å². The maximum absolute atomic E-state index is 12.1. The molecular weight excluding hydrogens is 300 g/mol. The summed E-state index contributed by atoms with van der Waals surface area (Å²) in [6.45, 7) is 4.06. The van der Waals surface area contributed by atoms with Crippen molar-refractivity contribution >= 4 is 10.0 Å². The molecule has 0 heterocycles. The van der Waals surface area contributed by atoms with Crippen LogP contribution in [0.3, 0.4) is 0 Å². The number of nitrogens with one attached hydrogen (secondary N) is 1. The molecule has 1 aromatic carbocycles. The van der Waals surface area contributed by atoms with Gasteiger partial charge in [-0.25, -0.2) is 13.1 Å². The molecule has 1 aromatic rings. The standard InChI is InChI=1S/C15H18N4O2S/c1-12-4-6-15(7-5-12)22(20,21)18-8-9-19(3)13(2)14(10-16)11-17/h4-7,18H,8-9H2,1-3H3. The Morgan fingerprint density at radius 2 is 1.77 bits per heavy atom. The number of likely N-dealkylation sites (N-methyl/N-ethyl adjacent to an activating group) is 1. The van der Waals surface area contributed by atoms with Gasteiger partial charge in [-0.2, -0.15) is 10.5 Å². The van der Waals surface area contributed by atoms with Crippen LogP contribution in [0, 0.1) is 29.6 Å². The van der Waals surface area contributed by atoms with Crippen LogP contribution in [0.1, 0.15) is 12.5 Å². The first-order chi connectivity index (χ1) is 10.3. The molecule has 0 aliphatic carbocycles. The van der Waals surface area contributed by atoms with Crippen molar-refractivity contribution in [1.82, 2.24) is 9.62 Å². The molecule has 6 nitrogen and oxygen atoms in total. The Morgan fingerprint density at radius 1 is 1.23 bits per heavy atom. The summed E-state index contributed by atoms with van der Waals surface area (Å²) in [6.07, 6.45) is 0. The van der Waals surface area contributed by atoms with Gasteiger partial charge in [-0.15, -0.1) is 0 Å². The normalized spacial score (nSPS) is 10.4. The van der Waals surface area contributed by atoms with E-state index in [-0.39, 0.29) is 17.0 Å². The Bertz CT molecular complexity index is 721. The Morgan fingerprint density at radius 3 is 2.27 bits per heavy atom. The second-order valence-electron chi connectivity index (χ2n) is 4.82. The van der Waals surface area contributed by atoms with Gasteiger partial charge in [-0.3, -0.25) is 0 Å². The SMILES string of the molecule is CC(=C(C#N)C#N)N(C)CCNS(=O)(=O)c1ccc(C)cc1. The number of rotatable bonds is 6. The molecule has 116 valence electrons. The lowest BCUT2D eigenvalue weighted by Gasteiger charge is -2.20. The fourth-order valence-corrected chi connectivity index (χ4v) is 2.71.